The minimum absolute atomic E-state index is 0.0819. The van der Waals surface area contributed by atoms with Gasteiger partial charge in [-0.1, -0.05) is 6.07 Å². The molecular weight excluding hydrogens is 328 g/mol. The number of piperazine rings is 1. The number of pyridine rings is 1. The quantitative estimate of drug-likeness (QED) is 0.871. The highest BCUT2D eigenvalue weighted by molar-refractivity contribution is 7.89. The van der Waals surface area contributed by atoms with Crippen LogP contribution in [0.5, 0.6) is 5.88 Å². The normalized spacial score (nSPS) is 16.8. The van der Waals surface area contributed by atoms with E-state index in [0.717, 1.165) is 0 Å². The number of ether oxygens (including phenoxy) is 1. The summed E-state index contributed by atoms with van der Waals surface area (Å²) in [6.45, 7) is -0.781. The fourth-order valence-electron chi connectivity index (χ4n) is 2.66. The number of hydrogen-bond donors (Lipinski definition) is 1. The van der Waals surface area contributed by atoms with Crippen molar-refractivity contribution in [2.45, 2.75) is 11.5 Å². The van der Waals surface area contributed by atoms with Crippen molar-refractivity contribution in [3.8, 4) is 5.88 Å². The van der Waals surface area contributed by atoms with Crippen molar-refractivity contribution >= 4 is 20.8 Å². The summed E-state index contributed by atoms with van der Waals surface area (Å²) in [5.74, 6) is -0.276. The first kappa shape index (κ1) is 16.0. The molecule has 3 rings (SSSR count). The third-order valence-electron chi connectivity index (χ3n) is 3.71. The highest BCUT2D eigenvalue weighted by Gasteiger charge is 2.29. The molecule has 0 saturated carbocycles. The second kappa shape index (κ2) is 6.34. The number of halogens is 2. The average Bonchev–Trinajstić information content (AvgIpc) is 2.55. The number of sulfonamides is 1. The number of fused-ring (bicyclic) bond motifs is 1. The summed E-state index contributed by atoms with van der Waals surface area (Å²) in [6, 6.07) is 5.99. The van der Waals surface area contributed by atoms with E-state index in [0.29, 0.717) is 31.6 Å². The lowest BCUT2D eigenvalue weighted by Gasteiger charge is -2.25. The molecule has 1 aromatic carbocycles. The Kier molecular flexibility index (Phi) is 4.42. The third-order valence-corrected chi connectivity index (χ3v) is 5.67. The van der Waals surface area contributed by atoms with Gasteiger partial charge in [0.2, 0.25) is 15.9 Å². The summed E-state index contributed by atoms with van der Waals surface area (Å²) in [5.41, 5.74) is 0. The summed E-state index contributed by atoms with van der Waals surface area (Å²) in [4.78, 5) is 3.85. The predicted molar refractivity (Wildman–Crippen MR) is 78.8 cm³/mol. The van der Waals surface area contributed by atoms with E-state index in [1.165, 1.54) is 34.8 Å². The highest BCUT2D eigenvalue weighted by Crippen LogP contribution is 2.30. The molecular formula is C14H16F2N3O3S+. The fourth-order valence-corrected chi connectivity index (χ4v) is 4.34. The zero-order valence-corrected chi connectivity index (χ0v) is 13.0. The number of nitrogens with zero attached hydrogens (tertiary/aromatic N) is 2. The van der Waals surface area contributed by atoms with E-state index in [-0.39, 0.29) is 16.2 Å². The van der Waals surface area contributed by atoms with Crippen molar-refractivity contribution < 1.29 is 27.3 Å². The van der Waals surface area contributed by atoms with Crippen LogP contribution in [0.25, 0.3) is 10.8 Å². The van der Waals surface area contributed by atoms with E-state index in [9.17, 15) is 17.2 Å². The summed E-state index contributed by atoms with van der Waals surface area (Å²) >= 11 is 0. The van der Waals surface area contributed by atoms with E-state index in [1.807, 2.05) is 5.32 Å². The summed E-state index contributed by atoms with van der Waals surface area (Å²) in [6.07, 6.45) is 1.27. The van der Waals surface area contributed by atoms with Gasteiger partial charge in [-0.2, -0.15) is 13.1 Å². The monoisotopic (exact) mass is 344 g/mol. The molecule has 0 aliphatic carbocycles. The fraction of sp³-hybridized carbons (Fsp3) is 0.357. The van der Waals surface area contributed by atoms with Gasteiger partial charge in [-0.25, -0.2) is 13.4 Å². The van der Waals surface area contributed by atoms with Crippen LogP contribution < -0.4 is 10.1 Å². The molecule has 0 atom stereocenters. The maximum absolute atomic E-state index is 12.8. The van der Waals surface area contributed by atoms with Gasteiger partial charge in [0.05, 0.1) is 31.1 Å². The van der Waals surface area contributed by atoms with Crippen molar-refractivity contribution in [2.75, 3.05) is 26.2 Å². The van der Waals surface area contributed by atoms with Crippen LogP contribution in [0, 0.1) is 0 Å². The lowest BCUT2D eigenvalue weighted by molar-refractivity contribution is -0.661. The molecule has 6 nitrogen and oxygen atoms in total. The van der Waals surface area contributed by atoms with Gasteiger partial charge < -0.3 is 10.1 Å². The largest absolute Gasteiger partial charge is 0.416 e. The molecule has 0 amide bonds. The minimum Gasteiger partial charge on any atom is -0.416 e. The van der Waals surface area contributed by atoms with Gasteiger partial charge in [0.25, 0.3) is 0 Å². The smallest absolute Gasteiger partial charge is 0.388 e. The lowest BCUT2D eigenvalue weighted by Crippen LogP contribution is -2.89. The van der Waals surface area contributed by atoms with E-state index < -0.39 is 16.6 Å². The van der Waals surface area contributed by atoms with Gasteiger partial charge in [0, 0.05) is 17.0 Å². The first-order valence-electron chi connectivity index (χ1n) is 7.14. The lowest BCUT2D eigenvalue weighted by atomic mass is 10.2. The van der Waals surface area contributed by atoms with E-state index in [1.54, 1.807) is 0 Å². The van der Waals surface area contributed by atoms with Gasteiger partial charge in [0.1, 0.15) is 0 Å². The standard InChI is InChI=1S/C14H15F2N3O3S/c15-14(16)22-13-11-2-1-3-12(10(11)4-5-18-13)23(20,21)19-8-6-17-7-9-19/h1-5,14,17H,6-9H2/p+1. The second-order valence-corrected chi connectivity index (χ2v) is 7.02. The van der Waals surface area contributed by atoms with Crippen LogP contribution in [0.2, 0.25) is 0 Å². The van der Waals surface area contributed by atoms with Gasteiger partial charge >= 0.3 is 6.61 Å². The molecule has 1 aromatic heterocycles. The van der Waals surface area contributed by atoms with Crippen molar-refractivity contribution in [3.05, 3.63) is 30.5 Å². The molecule has 9 heteroatoms. The molecule has 1 fully saturated rings. The van der Waals surface area contributed by atoms with E-state index >= 15 is 0 Å². The highest BCUT2D eigenvalue weighted by atomic mass is 32.2. The molecule has 2 aromatic rings. The first-order chi connectivity index (χ1) is 11.0. The zero-order chi connectivity index (χ0) is 16.4. The first-order valence-corrected chi connectivity index (χ1v) is 8.58. The molecule has 1 aliphatic heterocycles. The maximum Gasteiger partial charge on any atom is 0.388 e. The van der Waals surface area contributed by atoms with Crippen LogP contribution in [0.1, 0.15) is 0 Å². The topological polar surface area (TPSA) is 76.1 Å². The summed E-state index contributed by atoms with van der Waals surface area (Å²) in [7, 11) is -3.69. The Morgan fingerprint density at radius 3 is 2.61 bits per heavy atom. The summed E-state index contributed by atoms with van der Waals surface area (Å²) in [5, 5.41) is 2.62. The van der Waals surface area contributed by atoms with Crippen LogP contribution in [0.4, 0.5) is 8.78 Å². The molecule has 0 spiro atoms. The Morgan fingerprint density at radius 2 is 1.91 bits per heavy atom. The Labute approximate surface area is 132 Å². The van der Waals surface area contributed by atoms with Crippen LogP contribution in [0.3, 0.4) is 0 Å². The second-order valence-electron chi connectivity index (χ2n) is 5.12. The van der Waals surface area contributed by atoms with Crippen molar-refractivity contribution in [2.24, 2.45) is 0 Å². The number of quaternary nitrogens is 1. The number of alkyl halides is 2. The SMILES string of the molecule is O=S(=O)(c1cccc2c(OC(F)F)nccc12)N1CC[NH2+]CC1. The minimum atomic E-state index is -3.69. The van der Waals surface area contributed by atoms with Crippen LogP contribution in [0.15, 0.2) is 35.4 Å². The van der Waals surface area contributed by atoms with Crippen molar-refractivity contribution in [1.29, 1.82) is 0 Å². The third kappa shape index (κ3) is 3.12. The van der Waals surface area contributed by atoms with Crippen LogP contribution in [-0.4, -0.2) is 50.5 Å². The molecule has 0 unspecified atom stereocenters. The van der Waals surface area contributed by atoms with Crippen LogP contribution in [-0.2, 0) is 10.0 Å². The van der Waals surface area contributed by atoms with E-state index in [4.69, 9.17) is 0 Å². The molecule has 2 N–H and O–H groups in total. The Bertz CT molecular complexity index is 808. The predicted octanol–water partition coefficient (Wildman–Crippen LogP) is 0.404. The summed E-state index contributed by atoms with van der Waals surface area (Å²) < 4.78 is 56.4. The van der Waals surface area contributed by atoms with E-state index in [2.05, 4.69) is 9.72 Å². The number of aromatic nitrogens is 1. The van der Waals surface area contributed by atoms with Crippen LogP contribution >= 0.6 is 0 Å². The molecule has 2 heterocycles. The maximum atomic E-state index is 12.8. The van der Waals surface area contributed by atoms with Gasteiger partial charge in [-0.15, -0.1) is 0 Å². The number of hydrogen-bond acceptors (Lipinski definition) is 4. The van der Waals surface area contributed by atoms with Crippen molar-refractivity contribution in [1.82, 2.24) is 9.29 Å². The Morgan fingerprint density at radius 1 is 1.17 bits per heavy atom. The Balaban J connectivity index is 2.11. The number of benzene rings is 1. The average molecular weight is 344 g/mol. The molecule has 124 valence electrons. The number of rotatable bonds is 4. The van der Waals surface area contributed by atoms with Gasteiger partial charge in [-0.05, 0) is 18.2 Å². The number of nitrogens with two attached hydrogens (primary N) is 1. The molecule has 1 saturated heterocycles. The molecule has 1 aliphatic rings. The Hall–Kier alpha value is -1.84. The van der Waals surface area contributed by atoms with Gasteiger partial charge in [-0.3, -0.25) is 0 Å². The molecule has 0 bridgehead atoms. The van der Waals surface area contributed by atoms with Crippen molar-refractivity contribution in [3.63, 3.8) is 0 Å². The molecule has 23 heavy (non-hydrogen) atoms. The van der Waals surface area contributed by atoms with Gasteiger partial charge in [0.15, 0.2) is 0 Å². The zero-order valence-electron chi connectivity index (χ0n) is 12.2. The molecule has 0 radical (unpaired) electrons.